The third kappa shape index (κ3) is 2.91. The molecule has 1 rings (SSSR count). The number of rotatable bonds is 5. The van der Waals surface area contributed by atoms with Crippen LogP contribution in [0.4, 0.5) is 5.95 Å². The highest BCUT2D eigenvalue weighted by Crippen LogP contribution is 2.07. The Kier molecular flexibility index (Phi) is 3.57. The predicted octanol–water partition coefficient (Wildman–Crippen LogP) is 0.774. The SMILES string of the molecule is C#CCCC(=O)Cn1ccnc1[N+](=O)[O-]. The Labute approximate surface area is 86.1 Å². The molecule has 0 bridgehead atoms. The van der Waals surface area contributed by atoms with Crippen LogP contribution in [0.25, 0.3) is 0 Å². The summed E-state index contributed by atoms with van der Waals surface area (Å²) in [5, 5.41) is 10.5. The third-order valence-electron chi connectivity index (χ3n) is 1.75. The van der Waals surface area contributed by atoms with E-state index in [2.05, 4.69) is 10.9 Å². The molecule has 0 saturated heterocycles. The number of imidazole rings is 1. The second-order valence-electron chi connectivity index (χ2n) is 2.86. The van der Waals surface area contributed by atoms with Crippen molar-refractivity contribution >= 4 is 11.7 Å². The Morgan fingerprint density at radius 2 is 2.47 bits per heavy atom. The zero-order valence-corrected chi connectivity index (χ0v) is 7.92. The summed E-state index contributed by atoms with van der Waals surface area (Å²) in [6, 6.07) is 0. The molecular weight excluding hydrogens is 198 g/mol. The van der Waals surface area contributed by atoms with Crippen molar-refractivity contribution in [3.63, 3.8) is 0 Å². The fraction of sp³-hybridized carbons (Fsp3) is 0.333. The second-order valence-corrected chi connectivity index (χ2v) is 2.86. The van der Waals surface area contributed by atoms with Gasteiger partial charge in [-0.1, -0.05) is 4.98 Å². The van der Waals surface area contributed by atoms with Crippen molar-refractivity contribution < 1.29 is 9.72 Å². The van der Waals surface area contributed by atoms with E-state index in [4.69, 9.17) is 6.42 Å². The fourth-order valence-corrected chi connectivity index (χ4v) is 1.08. The minimum Gasteiger partial charge on any atom is -0.390 e. The van der Waals surface area contributed by atoms with Crippen molar-refractivity contribution in [2.45, 2.75) is 19.4 Å². The normalized spacial score (nSPS) is 9.53. The lowest BCUT2D eigenvalue weighted by Gasteiger charge is -1.99. The van der Waals surface area contributed by atoms with Crippen molar-refractivity contribution in [2.24, 2.45) is 0 Å². The average Bonchev–Trinajstić information content (AvgIpc) is 2.62. The van der Waals surface area contributed by atoms with E-state index in [0.717, 1.165) is 0 Å². The summed E-state index contributed by atoms with van der Waals surface area (Å²) in [7, 11) is 0. The maximum atomic E-state index is 11.3. The van der Waals surface area contributed by atoms with Crippen molar-refractivity contribution in [3.8, 4) is 12.3 Å². The molecule has 0 spiro atoms. The van der Waals surface area contributed by atoms with Gasteiger partial charge in [-0.25, -0.2) is 4.57 Å². The monoisotopic (exact) mass is 207 g/mol. The van der Waals surface area contributed by atoms with Crippen LogP contribution < -0.4 is 0 Å². The van der Waals surface area contributed by atoms with E-state index in [9.17, 15) is 14.9 Å². The molecule has 6 nitrogen and oxygen atoms in total. The van der Waals surface area contributed by atoms with Crippen LogP contribution >= 0.6 is 0 Å². The minimum atomic E-state index is -0.630. The van der Waals surface area contributed by atoms with Crippen LogP contribution in [0.1, 0.15) is 12.8 Å². The van der Waals surface area contributed by atoms with Gasteiger partial charge in [0.05, 0.1) is 0 Å². The number of Topliss-reactive ketones (excluding diaryl/α,β-unsaturated/α-hetero) is 1. The number of carbonyl (C=O) groups is 1. The molecule has 0 aliphatic carbocycles. The number of hydrogen-bond donors (Lipinski definition) is 0. The van der Waals surface area contributed by atoms with E-state index < -0.39 is 4.92 Å². The number of aromatic nitrogens is 2. The summed E-state index contributed by atoms with van der Waals surface area (Å²) in [5.74, 6) is 1.86. The van der Waals surface area contributed by atoms with Crippen LogP contribution in [-0.2, 0) is 11.3 Å². The second kappa shape index (κ2) is 4.91. The molecule has 15 heavy (non-hydrogen) atoms. The van der Waals surface area contributed by atoms with Gasteiger partial charge in [-0.3, -0.25) is 4.79 Å². The van der Waals surface area contributed by atoms with Crippen molar-refractivity contribution in [1.82, 2.24) is 9.55 Å². The summed E-state index contributed by atoms with van der Waals surface area (Å²) in [4.78, 5) is 24.6. The molecule has 0 amide bonds. The molecule has 0 aliphatic rings. The first-order valence-electron chi connectivity index (χ1n) is 4.26. The highest BCUT2D eigenvalue weighted by atomic mass is 16.6. The van der Waals surface area contributed by atoms with E-state index in [1.54, 1.807) is 0 Å². The highest BCUT2D eigenvalue weighted by Gasteiger charge is 2.16. The smallest absolute Gasteiger partial charge is 0.390 e. The number of carbonyl (C=O) groups excluding carboxylic acids is 1. The van der Waals surface area contributed by atoms with Crippen LogP contribution in [0.2, 0.25) is 0 Å². The quantitative estimate of drug-likeness (QED) is 0.406. The molecule has 0 saturated carbocycles. The topological polar surface area (TPSA) is 78.0 Å². The van der Waals surface area contributed by atoms with E-state index in [0.29, 0.717) is 6.42 Å². The Hall–Kier alpha value is -2.16. The largest absolute Gasteiger partial charge is 0.434 e. The Morgan fingerprint density at radius 3 is 3.07 bits per heavy atom. The van der Waals surface area contributed by atoms with Crippen LogP contribution in [0.3, 0.4) is 0 Å². The Bertz CT molecular complexity index is 416. The van der Waals surface area contributed by atoms with Gasteiger partial charge >= 0.3 is 5.95 Å². The van der Waals surface area contributed by atoms with Gasteiger partial charge in [-0.2, -0.15) is 0 Å². The molecule has 0 aromatic carbocycles. The summed E-state index contributed by atoms with van der Waals surface area (Å²) < 4.78 is 1.19. The molecule has 0 fully saturated rings. The summed E-state index contributed by atoms with van der Waals surface area (Å²) in [6.45, 7) is -0.0575. The number of nitrogens with zero attached hydrogens (tertiary/aromatic N) is 3. The van der Waals surface area contributed by atoms with Gasteiger partial charge in [-0.15, -0.1) is 12.3 Å². The van der Waals surface area contributed by atoms with Crippen molar-refractivity contribution in [1.29, 1.82) is 0 Å². The van der Waals surface area contributed by atoms with Crippen LogP contribution in [-0.4, -0.2) is 20.3 Å². The first kappa shape index (κ1) is 10.9. The maximum absolute atomic E-state index is 11.3. The number of ketones is 1. The fourth-order valence-electron chi connectivity index (χ4n) is 1.08. The Balaban J connectivity index is 2.65. The van der Waals surface area contributed by atoms with E-state index in [1.165, 1.54) is 17.0 Å². The van der Waals surface area contributed by atoms with Crippen molar-refractivity contribution in [2.75, 3.05) is 0 Å². The number of hydrogen-bond acceptors (Lipinski definition) is 4. The van der Waals surface area contributed by atoms with Crippen LogP contribution in [0, 0.1) is 22.5 Å². The lowest BCUT2D eigenvalue weighted by molar-refractivity contribution is -0.396. The summed E-state index contributed by atoms with van der Waals surface area (Å²) in [5.41, 5.74) is 0. The molecule has 1 heterocycles. The van der Waals surface area contributed by atoms with Gasteiger partial charge in [0, 0.05) is 12.8 Å². The van der Waals surface area contributed by atoms with Gasteiger partial charge in [-0.05, 0) is 4.92 Å². The molecule has 6 heteroatoms. The molecule has 0 radical (unpaired) electrons. The molecule has 0 atom stereocenters. The standard InChI is InChI=1S/C9H9N3O3/c1-2-3-4-8(13)7-11-6-5-10-9(11)12(14)15/h1,5-6H,3-4,7H2. The minimum absolute atomic E-state index is 0.0575. The van der Waals surface area contributed by atoms with E-state index in [1.807, 2.05) is 0 Å². The van der Waals surface area contributed by atoms with Gasteiger partial charge < -0.3 is 10.1 Å². The summed E-state index contributed by atoms with van der Waals surface area (Å²) >= 11 is 0. The molecule has 0 N–H and O–H groups in total. The summed E-state index contributed by atoms with van der Waals surface area (Å²) in [6.07, 6.45) is 8.25. The predicted molar refractivity (Wildman–Crippen MR) is 52.0 cm³/mol. The first-order chi connectivity index (χ1) is 7.15. The van der Waals surface area contributed by atoms with Crippen LogP contribution in [0.15, 0.2) is 12.4 Å². The zero-order chi connectivity index (χ0) is 11.3. The number of terminal acetylenes is 1. The first-order valence-corrected chi connectivity index (χ1v) is 4.26. The van der Waals surface area contributed by atoms with Gasteiger partial charge in [0.1, 0.15) is 18.9 Å². The molecule has 0 aliphatic heterocycles. The lowest BCUT2D eigenvalue weighted by atomic mass is 10.2. The highest BCUT2D eigenvalue weighted by molar-refractivity contribution is 5.78. The molecule has 0 unspecified atom stereocenters. The van der Waals surface area contributed by atoms with Crippen LogP contribution in [0.5, 0.6) is 0 Å². The zero-order valence-electron chi connectivity index (χ0n) is 7.92. The van der Waals surface area contributed by atoms with E-state index in [-0.39, 0.29) is 24.7 Å². The van der Waals surface area contributed by atoms with Crippen molar-refractivity contribution in [3.05, 3.63) is 22.5 Å². The molecule has 1 aromatic rings. The lowest BCUT2D eigenvalue weighted by Crippen LogP contribution is -2.11. The molecule has 78 valence electrons. The Morgan fingerprint density at radius 1 is 1.73 bits per heavy atom. The molecule has 1 aromatic heterocycles. The maximum Gasteiger partial charge on any atom is 0.434 e. The van der Waals surface area contributed by atoms with Gasteiger partial charge in [0.25, 0.3) is 0 Å². The molecular formula is C9H9N3O3. The average molecular weight is 207 g/mol. The van der Waals surface area contributed by atoms with Gasteiger partial charge in [0.15, 0.2) is 5.78 Å². The van der Waals surface area contributed by atoms with E-state index >= 15 is 0 Å². The third-order valence-corrected chi connectivity index (χ3v) is 1.75. The van der Waals surface area contributed by atoms with Gasteiger partial charge in [0.2, 0.25) is 0 Å². The number of nitro groups is 1.